The average molecular weight is 331 g/mol. The van der Waals surface area contributed by atoms with Crippen LogP contribution in [0.3, 0.4) is 0 Å². The van der Waals surface area contributed by atoms with Crippen molar-refractivity contribution in [2.75, 3.05) is 0 Å². The van der Waals surface area contributed by atoms with Gasteiger partial charge in [-0.25, -0.2) is 0 Å². The number of hydrogen-bond acceptors (Lipinski definition) is 4. The molecule has 0 aromatic rings. The number of hydrogen-bond donors (Lipinski definition) is 4. The summed E-state index contributed by atoms with van der Waals surface area (Å²) in [7, 11) is -4.61. The molecule has 0 amide bonds. The average Bonchev–Trinajstić information content (AvgIpc) is 0.722. The van der Waals surface area contributed by atoms with Crippen molar-refractivity contribution in [1.82, 2.24) is 0 Å². The van der Waals surface area contributed by atoms with Crippen molar-refractivity contribution in [2.24, 2.45) is 0 Å². The monoisotopic (exact) mass is 334 g/mol. The second kappa shape index (κ2) is 6.44. The van der Waals surface area contributed by atoms with Gasteiger partial charge in [-0.2, -0.15) is 0 Å². The van der Waals surface area contributed by atoms with Crippen LogP contribution in [-0.4, -0.2) is 77.1 Å². The van der Waals surface area contributed by atoms with Gasteiger partial charge in [0.25, 0.3) is 0 Å². The van der Waals surface area contributed by atoms with E-state index in [1.54, 1.807) is 0 Å². The molecule has 0 aromatic heterocycles. The largest absolute Gasteiger partial charge is 0 e. The van der Waals surface area contributed by atoms with Crippen LogP contribution in [0, 0.1) is 0 Å². The van der Waals surface area contributed by atoms with Crippen molar-refractivity contribution in [3.63, 3.8) is 0 Å². The van der Waals surface area contributed by atoms with Gasteiger partial charge in [-0.1, -0.05) is 0 Å². The fourth-order valence-corrected chi connectivity index (χ4v) is 0. The first kappa shape index (κ1) is 16.2. The van der Waals surface area contributed by atoms with Crippen LogP contribution in [0.1, 0.15) is 0 Å². The molecule has 7 heteroatoms. The van der Waals surface area contributed by atoms with Crippen LogP contribution >= 0.6 is 0 Å². The van der Waals surface area contributed by atoms with Crippen molar-refractivity contribution < 1.29 is 40.2 Å². The molecule has 0 atom stereocenters. The predicted molar refractivity (Wildman–Crippen MR) is 23.2 cm³/mol. The van der Waals surface area contributed by atoms with E-state index in [9.17, 15) is 0 Å². The summed E-state index contributed by atoms with van der Waals surface area (Å²) >= 11 is 0. The van der Waals surface area contributed by atoms with Crippen molar-refractivity contribution in [3.8, 4) is 0 Å². The summed E-state index contributed by atoms with van der Waals surface area (Å²) in [5, 5.41) is 0. The van der Waals surface area contributed by atoms with E-state index in [-0.39, 0.29) is 69.9 Å². The van der Waals surface area contributed by atoms with E-state index in [0.717, 1.165) is 0 Å². The summed E-state index contributed by atoms with van der Waals surface area (Å²) < 4.78 is 0. The molecule has 0 aliphatic rings. The van der Waals surface area contributed by atoms with Crippen molar-refractivity contribution in [2.45, 2.75) is 0 Å². The molecule has 0 bridgehead atoms. The van der Waals surface area contributed by atoms with Crippen LogP contribution < -0.4 is 0 Å². The van der Waals surface area contributed by atoms with Gasteiger partial charge in [0.05, 0.1) is 0 Å². The van der Waals surface area contributed by atoms with Gasteiger partial charge in [0.2, 0.25) is 0 Å². The van der Waals surface area contributed by atoms with Gasteiger partial charge in [-0.15, -0.1) is 0 Å². The molecule has 4 nitrogen and oxygen atoms in total. The van der Waals surface area contributed by atoms with Gasteiger partial charge >= 0.3 is 57.9 Å². The normalized spacial score (nSPS) is 8.57. The summed E-state index contributed by atoms with van der Waals surface area (Å²) in [6.07, 6.45) is 0. The topological polar surface area (TPSA) is 80.9 Å². The van der Waals surface area contributed by atoms with Crippen LogP contribution in [0.15, 0.2) is 0 Å². The standard InChI is InChI=1S/Ba.Mo.H4O4Si.2H/c;;1-5(2,3)4;;/h;;1-4H;;. The Balaban J connectivity index is -0.0000000800. The fourth-order valence-electron chi connectivity index (χ4n) is 0. The first-order chi connectivity index (χ1) is 2.00. The van der Waals surface area contributed by atoms with Crippen LogP contribution in [0.5, 0.6) is 0 Å². The molecule has 0 fully saturated rings. The van der Waals surface area contributed by atoms with E-state index in [0.29, 0.717) is 0 Å². The minimum Gasteiger partial charge on any atom is 0 e. The Morgan fingerprint density at radius 2 is 0.857 bits per heavy atom. The van der Waals surface area contributed by atoms with E-state index in [2.05, 4.69) is 0 Å². The Kier molecular flexibility index (Phi) is 14.9. The smallest absolute Gasteiger partial charge is 0 e. The first-order valence-corrected chi connectivity index (χ1v) is 2.68. The molecule has 0 rings (SSSR count). The van der Waals surface area contributed by atoms with Crippen LogP contribution in [0.4, 0.5) is 0 Å². The summed E-state index contributed by atoms with van der Waals surface area (Å²) in [4.78, 5) is 29.3. The molecular formula is H6BaMoO4Si. The molecule has 0 saturated carbocycles. The zero-order chi connectivity index (χ0) is 4.50. The molecule has 0 heterocycles. The molecule has 7 heavy (non-hydrogen) atoms. The zero-order valence-corrected chi connectivity index (χ0v) is 5.70. The third-order valence-corrected chi connectivity index (χ3v) is 0. The SMILES string of the molecule is O[Si](O)(O)O.[BaH2].[Mo]. The van der Waals surface area contributed by atoms with Gasteiger partial charge in [-0.05, 0) is 0 Å². The maximum atomic E-state index is 7.33. The molecular weight excluding hydrogens is 325 g/mol. The molecule has 42 valence electrons. The third kappa shape index (κ3) is 61.8. The maximum absolute atomic E-state index is 7.33. The quantitative estimate of drug-likeness (QED) is 0.347. The van der Waals surface area contributed by atoms with Gasteiger partial charge in [-0.3, -0.25) is 0 Å². The number of rotatable bonds is 0. The Hall–Kier alpha value is 2.32. The van der Waals surface area contributed by atoms with Gasteiger partial charge < -0.3 is 19.2 Å². The molecule has 0 aromatic carbocycles. The van der Waals surface area contributed by atoms with Gasteiger partial charge in [0, 0.05) is 21.1 Å². The second-order valence-corrected chi connectivity index (χ2v) is 1.80. The van der Waals surface area contributed by atoms with Crippen LogP contribution in [0.25, 0.3) is 0 Å². The first-order valence-electron chi connectivity index (χ1n) is 0.894. The van der Waals surface area contributed by atoms with E-state index in [1.807, 2.05) is 0 Å². The molecule has 0 unspecified atom stereocenters. The van der Waals surface area contributed by atoms with Crippen molar-refractivity contribution in [3.05, 3.63) is 0 Å². The minimum absolute atomic E-state index is 0. The van der Waals surface area contributed by atoms with E-state index in [1.165, 1.54) is 0 Å². The molecule has 0 aliphatic heterocycles. The Morgan fingerprint density at radius 1 is 0.857 bits per heavy atom. The summed E-state index contributed by atoms with van der Waals surface area (Å²) in [6.45, 7) is 0. The minimum atomic E-state index is -4.61. The molecule has 0 radical (unpaired) electrons. The third-order valence-electron chi connectivity index (χ3n) is 0. The van der Waals surface area contributed by atoms with Crippen molar-refractivity contribution in [1.29, 1.82) is 0 Å². The van der Waals surface area contributed by atoms with Crippen LogP contribution in [-0.2, 0) is 21.1 Å². The second-order valence-electron chi connectivity index (χ2n) is 0.600. The molecule has 0 aliphatic carbocycles. The van der Waals surface area contributed by atoms with Gasteiger partial charge in [0.1, 0.15) is 0 Å². The van der Waals surface area contributed by atoms with E-state index < -0.39 is 9.05 Å². The summed E-state index contributed by atoms with van der Waals surface area (Å²) in [5.41, 5.74) is 0. The molecule has 0 spiro atoms. The Bertz CT molecular complexity index is 27.2. The van der Waals surface area contributed by atoms with E-state index >= 15 is 0 Å². The molecule has 4 N–H and O–H groups in total. The zero-order valence-electron chi connectivity index (χ0n) is 2.70. The predicted octanol–water partition coefficient (Wildman–Crippen LogP) is -3.53. The fraction of sp³-hybridized carbons (Fsp3) is 0. The van der Waals surface area contributed by atoms with Crippen LogP contribution in [0.2, 0.25) is 0 Å². The maximum Gasteiger partial charge on any atom is 0 e. The van der Waals surface area contributed by atoms with Crippen molar-refractivity contribution >= 4 is 57.9 Å². The Labute approximate surface area is 96.4 Å². The summed E-state index contributed by atoms with van der Waals surface area (Å²) in [5.74, 6) is 0. The van der Waals surface area contributed by atoms with E-state index in [4.69, 9.17) is 19.2 Å². The molecule has 0 saturated heterocycles. The van der Waals surface area contributed by atoms with Gasteiger partial charge in [0.15, 0.2) is 0 Å². The summed E-state index contributed by atoms with van der Waals surface area (Å²) in [6, 6.07) is 0. The Morgan fingerprint density at radius 3 is 0.857 bits per heavy atom.